The summed E-state index contributed by atoms with van der Waals surface area (Å²) >= 11 is 4.72. The first-order chi connectivity index (χ1) is 6.39. The summed E-state index contributed by atoms with van der Waals surface area (Å²) in [4.78, 5) is 0.442. The molecule has 14 heavy (non-hydrogen) atoms. The van der Waals surface area contributed by atoms with E-state index >= 15 is 0 Å². The number of thiocarbonyl (C=S) groups is 1. The quantitative estimate of drug-likeness (QED) is 0.651. The molecular weight excluding hydrogens is 242 g/mol. The molecule has 0 aromatic heterocycles. The highest BCUT2D eigenvalue weighted by atomic mass is 35.7. The second kappa shape index (κ2) is 4.25. The Bertz CT molecular complexity index is 439. The highest BCUT2D eigenvalue weighted by molar-refractivity contribution is 8.13. The van der Waals surface area contributed by atoms with E-state index in [-0.39, 0.29) is 4.90 Å². The zero-order chi connectivity index (χ0) is 10.8. The van der Waals surface area contributed by atoms with Crippen LogP contribution in [0, 0.1) is 0 Å². The van der Waals surface area contributed by atoms with Crippen molar-refractivity contribution in [3.63, 3.8) is 0 Å². The number of halogens is 1. The highest BCUT2D eigenvalue weighted by Gasteiger charge is 2.08. The molecule has 0 amide bonds. The average molecular weight is 250 g/mol. The summed E-state index contributed by atoms with van der Waals surface area (Å²) in [6, 6.07) is 6.12. The first-order valence-corrected chi connectivity index (χ1v) is 6.43. The molecule has 0 saturated heterocycles. The minimum Gasteiger partial charge on any atom is -0.393 e. The minimum atomic E-state index is -3.64. The standard InChI is InChI=1S/C8H8ClNO2S2/c9-14(11,12)7-3-1-6(2-4-7)5-8(10)13/h1-4H,5H2,(H2,10,13). The van der Waals surface area contributed by atoms with E-state index in [1.807, 2.05) is 0 Å². The Labute approximate surface area is 92.3 Å². The lowest BCUT2D eigenvalue weighted by molar-refractivity contribution is 0.609. The van der Waals surface area contributed by atoms with Crippen molar-refractivity contribution in [2.24, 2.45) is 5.73 Å². The predicted molar refractivity (Wildman–Crippen MR) is 60.0 cm³/mol. The summed E-state index contributed by atoms with van der Waals surface area (Å²) in [6.45, 7) is 0. The zero-order valence-electron chi connectivity index (χ0n) is 7.10. The van der Waals surface area contributed by atoms with Gasteiger partial charge >= 0.3 is 0 Å². The zero-order valence-corrected chi connectivity index (χ0v) is 9.49. The first kappa shape index (κ1) is 11.4. The molecule has 0 aliphatic heterocycles. The first-order valence-electron chi connectivity index (χ1n) is 3.71. The van der Waals surface area contributed by atoms with Crippen LogP contribution in [0.5, 0.6) is 0 Å². The van der Waals surface area contributed by atoms with Crippen molar-refractivity contribution < 1.29 is 8.42 Å². The van der Waals surface area contributed by atoms with E-state index in [9.17, 15) is 8.42 Å². The lowest BCUT2D eigenvalue weighted by atomic mass is 10.1. The fourth-order valence-electron chi connectivity index (χ4n) is 0.971. The van der Waals surface area contributed by atoms with Crippen LogP contribution < -0.4 is 5.73 Å². The molecule has 1 aromatic carbocycles. The maximum absolute atomic E-state index is 10.9. The van der Waals surface area contributed by atoms with Crippen LogP contribution in [0.25, 0.3) is 0 Å². The van der Waals surface area contributed by atoms with Crippen LogP contribution in [0.2, 0.25) is 0 Å². The molecule has 1 rings (SSSR count). The van der Waals surface area contributed by atoms with Crippen molar-refractivity contribution in [2.45, 2.75) is 11.3 Å². The van der Waals surface area contributed by atoms with Gasteiger partial charge in [0.05, 0.1) is 9.88 Å². The molecule has 0 aliphatic rings. The Morgan fingerprint density at radius 2 is 1.86 bits per heavy atom. The molecule has 0 atom stereocenters. The molecule has 3 nitrogen and oxygen atoms in total. The van der Waals surface area contributed by atoms with E-state index in [1.165, 1.54) is 12.1 Å². The van der Waals surface area contributed by atoms with Crippen LogP contribution in [-0.2, 0) is 15.5 Å². The topological polar surface area (TPSA) is 60.2 Å². The number of hydrogen-bond donors (Lipinski definition) is 1. The third-order valence-electron chi connectivity index (χ3n) is 1.58. The lowest BCUT2D eigenvalue weighted by Gasteiger charge is -2.00. The van der Waals surface area contributed by atoms with Gasteiger partial charge in [0.2, 0.25) is 0 Å². The number of benzene rings is 1. The van der Waals surface area contributed by atoms with Gasteiger partial charge < -0.3 is 5.73 Å². The molecule has 76 valence electrons. The van der Waals surface area contributed by atoms with Crippen molar-refractivity contribution in [1.82, 2.24) is 0 Å². The molecule has 6 heteroatoms. The minimum absolute atomic E-state index is 0.0749. The Balaban J connectivity index is 2.95. The molecule has 0 fully saturated rings. The Morgan fingerprint density at radius 3 is 2.21 bits per heavy atom. The fraction of sp³-hybridized carbons (Fsp3) is 0.125. The summed E-state index contributed by atoms with van der Waals surface area (Å²) in [5.74, 6) is 0. The summed E-state index contributed by atoms with van der Waals surface area (Å²) in [6.07, 6.45) is 0.456. The van der Waals surface area contributed by atoms with Crippen molar-refractivity contribution >= 4 is 36.9 Å². The van der Waals surface area contributed by atoms with Crippen molar-refractivity contribution in [3.05, 3.63) is 29.8 Å². The molecule has 0 heterocycles. The van der Waals surface area contributed by atoms with Crippen molar-refractivity contribution in [3.8, 4) is 0 Å². The maximum atomic E-state index is 10.9. The molecule has 2 N–H and O–H groups in total. The van der Waals surface area contributed by atoms with E-state index in [1.54, 1.807) is 12.1 Å². The monoisotopic (exact) mass is 249 g/mol. The van der Waals surface area contributed by atoms with E-state index < -0.39 is 9.05 Å². The van der Waals surface area contributed by atoms with Gasteiger partial charge in [0, 0.05) is 17.1 Å². The molecule has 0 bridgehead atoms. The van der Waals surface area contributed by atoms with Crippen LogP contribution in [0.4, 0.5) is 0 Å². The van der Waals surface area contributed by atoms with E-state index in [2.05, 4.69) is 0 Å². The average Bonchev–Trinajstić information content (AvgIpc) is 2.02. The van der Waals surface area contributed by atoms with Crippen LogP contribution in [0.15, 0.2) is 29.2 Å². The maximum Gasteiger partial charge on any atom is 0.261 e. The van der Waals surface area contributed by atoms with Crippen LogP contribution in [0.3, 0.4) is 0 Å². The van der Waals surface area contributed by atoms with Gasteiger partial charge in [-0.2, -0.15) is 0 Å². The van der Waals surface area contributed by atoms with Gasteiger partial charge in [-0.3, -0.25) is 0 Å². The van der Waals surface area contributed by atoms with Gasteiger partial charge in [-0.1, -0.05) is 24.4 Å². The largest absolute Gasteiger partial charge is 0.393 e. The third-order valence-corrected chi connectivity index (χ3v) is 3.10. The summed E-state index contributed by atoms with van der Waals surface area (Å²) < 4.78 is 21.8. The number of hydrogen-bond acceptors (Lipinski definition) is 3. The fourth-order valence-corrected chi connectivity index (χ4v) is 1.91. The second-order valence-corrected chi connectivity index (χ2v) is 5.82. The highest BCUT2D eigenvalue weighted by Crippen LogP contribution is 2.15. The SMILES string of the molecule is NC(=S)Cc1ccc(S(=O)(=O)Cl)cc1. The second-order valence-electron chi connectivity index (χ2n) is 2.72. The third kappa shape index (κ3) is 3.25. The van der Waals surface area contributed by atoms with Gasteiger partial charge in [-0.15, -0.1) is 0 Å². The summed E-state index contributed by atoms with van der Waals surface area (Å²) in [7, 11) is 1.50. The van der Waals surface area contributed by atoms with Gasteiger partial charge in [0.25, 0.3) is 9.05 Å². The summed E-state index contributed by atoms with van der Waals surface area (Å²) in [5.41, 5.74) is 6.20. The van der Waals surface area contributed by atoms with Gasteiger partial charge in [-0.05, 0) is 17.7 Å². The lowest BCUT2D eigenvalue weighted by Crippen LogP contribution is -2.10. The van der Waals surface area contributed by atoms with Crippen molar-refractivity contribution in [2.75, 3.05) is 0 Å². The van der Waals surface area contributed by atoms with E-state index in [0.29, 0.717) is 11.4 Å². The summed E-state index contributed by atoms with van der Waals surface area (Å²) in [5, 5.41) is 0. The van der Waals surface area contributed by atoms with Crippen molar-refractivity contribution in [1.29, 1.82) is 0 Å². The van der Waals surface area contributed by atoms with Crippen LogP contribution in [0.1, 0.15) is 5.56 Å². The molecule has 1 aromatic rings. The Hall–Kier alpha value is -0.650. The molecule has 0 radical (unpaired) electrons. The van der Waals surface area contributed by atoms with Crippen LogP contribution in [-0.4, -0.2) is 13.4 Å². The Kier molecular flexibility index (Phi) is 3.47. The molecule has 0 saturated carbocycles. The smallest absolute Gasteiger partial charge is 0.261 e. The van der Waals surface area contributed by atoms with E-state index in [0.717, 1.165) is 5.56 Å². The molecular formula is C8H8ClNO2S2. The number of rotatable bonds is 3. The van der Waals surface area contributed by atoms with Gasteiger partial charge in [-0.25, -0.2) is 8.42 Å². The van der Waals surface area contributed by atoms with Gasteiger partial charge in [0.1, 0.15) is 0 Å². The van der Waals surface area contributed by atoms with Gasteiger partial charge in [0.15, 0.2) is 0 Å². The Morgan fingerprint density at radius 1 is 1.36 bits per heavy atom. The predicted octanol–water partition coefficient (Wildman–Crippen LogP) is 1.44. The number of nitrogens with two attached hydrogens (primary N) is 1. The molecule has 0 unspecified atom stereocenters. The molecule has 0 spiro atoms. The molecule has 0 aliphatic carbocycles. The van der Waals surface area contributed by atoms with Crippen LogP contribution >= 0.6 is 22.9 Å². The normalized spacial score (nSPS) is 11.2. The van der Waals surface area contributed by atoms with E-state index in [4.69, 9.17) is 28.6 Å².